The lowest BCUT2D eigenvalue weighted by atomic mass is 10.0. The third kappa shape index (κ3) is 41.3. The molecule has 4 N–H and O–H groups in total. The van der Waals surface area contributed by atoms with Crippen LogP contribution >= 0.6 is 0 Å². The summed E-state index contributed by atoms with van der Waals surface area (Å²) in [5, 5.41) is 22.6. The number of esters is 1. The number of carboxylic acid groups (broad SMARTS) is 1. The molecule has 0 aromatic rings. The molecule has 0 spiro atoms. The molecule has 0 aliphatic carbocycles. The molecule has 0 saturated heterocycles. The molecule has 60 heavy (non-hydrogen) atoms. The zero-order valence-corrected chi connectivity index (χ0v) is 38.2. The van der Waals surface area contributed by atoms with Gasteiger partial charge in [0.2, 0.25) is 11.8 Å². The van der Waals surface area contributed by atoms with E-state index in [0.717, 1.165) is 70.6 Å². The first-order valence-corrected chi connectivity index (χ1v) is 24.2. The molecule has 0 aliphatic rings. The highest BCUT2D eigenvalue weighted by Gasteiger charge is 2.18. The zero-order chi connectivity index (χ0) is 44.0. The van der Waals surface area contributed by atoms with Crippen LogP contribution < -0.4 is 10.6 Å². The fraction of sp³-hybridized carbons (Fsp3) is 0.725. The van der Waals surface area contributed by atoms with E-state index in [2.05, 4.69) is 79.2 Å². The van der Waals surface area contributed by atoms with Crippen molar-refractivity contribution in [1.82, 2.24) is 10.6 Å². The monoisotopic (exact) mass is 841 g/mol. The van der Waals surface area contributed by atoms with Gasteiger partial charge < -0.3 is 25.6 Å². The second kappa shape index (κ2) is 45.1. The topological polar surface area (TPSA) is 142 Å². The molecule has 0 radical (unpaired) electrons. The highest BCUT2D eigenvalue weighted by atomic mass is 16.5. The summed E-state index contributed by atoms with van der Waals surface area (Å²) in [6, 6.07) is -1.39. The number of ether oxygens (including phenoxy) is 1. The second-order valence-corrected chi connectivity index (χ2v) is 16.2. The van der Waals surface area contributed by atoms with Crippen molar-refractivity contribution in [3.63, 3.8) is 0 Å². The van der Waals surface area contributed by atoms with Crippen LogP contribution in [-0.2, 0) is 23.9 Å². The van der Waals surface area contributed by atoms with Gasteiger partial charge in [0.05, 0.1) is 13.2 Å². The van der Waals surface area contributed by atoms with Crippen LogP contribution in [0.1, 0.15) is 213 Å². The summed E-state index contributed by atoms with van der Waals surface area (Å²) in [6.07, 6.45) is 55.7. The van der Waals surface area contributed by atoms with Gasteiger partial charge in [-0.25, -0.2) is 4.79 Å². The van der Waals surface area contributed by atoms with Gasteiger partial charge >= 0.3 is 11.9 Å². The van der Waals surface area contributed by atoms with Crippen LogP contribution in [0.3, 0.4) is 0 Å². The van der Waals surface area contributed by atoms with Crippen molar-refractivity contribution in [3.05, 3.63) is 60.8 Å². The lowest BCUT2D eigenvalue weighted by Crippen LogP contribution is -2.47. The summed E-state index contributed by atoms with van der Waals surface area (Å²) in [4.78, 5) is 47.6. The number of hydrogen-bond donors (Lipinski definition) is 4. The van der Waals surface area contributed by atoms with Crippen LogP contribution in [-0.4, -0.2) is 59.3 Å². The SMILES string of the molecule is CC/C=C\C/C=C\C/C=C\C/C=C\C(CCCCCCCC(=O)NCC(=O)NC(CO)C(=O)O)OC(=O)CCCCCCCCCCC/C=C\CCCCCCCCCC. The summed E-state index contributed by atoms with van der Waals surface area (Å²) < 4.78 is 5.93. The standard InChI is InChI=1S/C51H88N2O7/c1-3-5-7-9-11-13-15-16-17-18-19-20-21-22-23-24-26-28-30-35-39-43-50(57)60-46(40-36-32-29-27-25-14-12-10-8-6-4-2)41-37-33-31-34-38-42-48(55)52-44-49(56)53-47(45-54)51(58)59/h6,8,12,14,18-19,27,29,36,40,46-47,54H,3-5,7,9-11,13,15-17,20-26,28,30-35,37-39,41-45H2,1-2H3,(H,52,55)(H,53,56)(H,58,59)/b8-6-,14-12-,19-18-,29-27-,40-36-. The first-order valence-electron chi connectivity index (χ1n) is 24.2. The maximum atomic E-state index is 12.8. The maximum Gasteiger partial charge on any atom is 0.328 e. The largest absolute Gasteiger partial charge is 0.480 e. The number of allylic oxidation sites excluding steroid dienone is 9. The Bertz CT molecular complexity index is 1190. The molecule has 2 amide bonds. The number of carbonyl (C=O) groups excluding carboxylic acids is 3. The molecule has 0 aromatic carbocycles. The lowest BCUT2D eigenvalue weighted by Gasteiger charge is -2.15. The fourth-order valence-corrected chi connectivity index (χ4v) is 6.80. The Balaban J connectivity index is 4.30. The average molecular weight is 841 g/mol. The number of aliphatic hydroxyl groups is 1. The van der Waals surface area contributed by atoms with Crippen molar-refractivity contribution in [3.8, 4) is 0 Å². The lowest BCUT2D eigenvalue weighted by molar-refractivity contribution is -0.147. The van der Waals surface area contributed by atoms with E-state index in [0.29, 0.717) is 12.8 Å². The van der Waals surface area contributed by atoms with Crippen LogP contribution in [0.4, 0.5) is 0 Å². The van der Waals surface area contributed by atoms with Gasteiger partial charge in [-0.1, -0.05) is 178 Å². The quantitative estimate of drug-likeness (QED) is 0.0272. The Morgan fingerprint density at radius 2 is 1.00 bits per heavy atom. The molecule has 0 fully saturated rings. The first-order chi connectivity index (χ1) is 29.3. The van der Waals surface area contributed by atoms with Gasteiger partial charge in [-0.2, -0.15) is 0 Å². The number of unbranched alkanes of at least 4 members (excludes halogenated alkanes) is 21. The van der Waals surface area contributed by atoms with E-state index in [-0.39, 0.29) is 30.9 Å². The summed E-state index contributed by atoms with van der Waals surface area (Å²) in [6.45, 7) is 3.35. The number of carbonyl (C=O) groups is 4. The predicted molar refractivity (Wildman–Crippen MR) is 250 cm³/mol. The summed E-state index contributed by atoms with van der Waals surface area (Å²) in [7, 11) is 0. The maximum absolute atomic E-state index is 12.8. The van der Waals surface area contributed by atoms with Gasteiger partial charge in [0.15, 0.2) is 0 Å². The summed E-state index contributed by atoms with van der Waals surface area (Å²) in [5.41, 5.74) is 0. The van der Waals surface area contributed by atoms with Crippen LogP contribution in [0.15, 0.2) is 60.8 Å². The Labute approximate surface area is 366 Å². The predicted octanol–water partition coefficient (Wildman–Crippen LogP) is 12.5. The first kappa shape index (κ1) is 56.5. The smallest absolute Gasteiger partial charge is 0.328 e. The molecular formula is C51H88N2O7. The number of hydrogen-bond acceptors (Lipinski definition) is 6. The molecule has 0 bridgehead atoms. The third-order valence-electron chi connectivity index (χ3n) is 10.5. The minimum Gasteiger partial charge on any atom is -0.480 e. The summed E-state index contributed by atoms with van der Waals surface area (Å²) in [5.74, 6) is -2.40. The number of amides is 2. The molecular weight excluding hydrogens is 753 g/mol. The Morgan fingerprint density at radius 3 is 1.52 bits per heavy atom. The van der Waals surface area contributed by atoms with Crippen molar-refractivity contribution >= 4 is 23.8 Å². The Morgan fingerprint density at radius 1 is 0.533 bits per heavy atom. The van der Waals surface area contributed by atoms with Gasteiger partial charge in [0.25, 0.3) is 0 Å². The van der Waals surface area contributed by atoms with Crippen molar-refractivity contribution in [2.75, 3.05) is 13.2 Å². The van der Waals surface area contributed by atoms with Gasteiger partial charge in [0, 0.05) is 12.8 Å². The Hall–Kier alpha value is -3.46. The molecule has 0 aromatic heterocycles. The van der Waals surface area contributed by atoms with E-state index in [9.17, 15) is 19.2 Å². The van der Waals surface area contributed by atoms with Crippen molar-refractivity contribution < 1.29 is 34.1 Å². The van der Waals surface area contributed by atoms with E-state index in [1.165, 1.54) is 109 Å². The molecule has 0 heterocycles. The van der Waals surface area contributed by atoms with Crippen LogP contribution in [0.5, 0.6) is 0 Å². The van der Waals surface area contributed by atoms with Gasteiger partial charge in [-0.3, -0.25) is 14.4 Å². The number of rotatable bonds is 43. The number of aliphatic hydroxyl groups excluding tert-OH is 1. The van der Waals surface area contributed by atoms with Gasteiger partial charge in [-0.15, -0.1) is 0 Å². The minimum atomic E-state index is -1.39. The molecule has 0 rings (SSSR count). The highest BCUT2D eigenvalue weighted by molar-refractivity contribution is 5.87. The number of carboxylic acids is 1. The molecule has 9 heteroatoms. The van der Waals surface area contributed by atoms with Crippen LogP contribution in [0, 0.1) is 0 Å². The van der Waals surface area contributed by atoms with E-state index in [1.807, 2.05) is 6.08 Å². The van der Waals surface area contributed by atoms with E-state index in [1.54, 1.807) is 0 Å². The minimum absolute atomic E-state index is 0.121. The Kier molecular flexibility index (Phi) is 42.5. The van der Waals surface area contributed by atoms with Crippen molar-refractivity contribution in [2.24, 2.45) is 0 Å². The molecule has 2 atom stereocenters. The van der Waals surface area contributed by atoms with Gasteiger partial charge in [0.1, 0.15) is 12.1 Å². The molecule has 9 nitrogen and oxygen atoms in total. The van der Waals surface area contributed by atoms with E-state index < -0.39 is 24.5 Å². The average Bonchev–Trinajstić information content (AvgIpc) is 3.23. The molecule has 0 aliphatic heterocycles. The van der Waals surface area contributed by atoms with Crippen LogP contribution in [0.2, 0.25) is 0 Å². The third-order valence-corrected chi connectivity index (χ3v) is 10.5. The number of nitrogens with one attached hydrogen (secondary N) is 2. The number of aliphatic carboxylic acids is 1. The highest BCUT2D eigenvalue weighted by Crippen LogP contribution is 2.16. The normalized spacial score (nSPS) is 13.0. The molecule has 0 saturated carbocycles. The second-order valence-electron chi connectivity index (χ2n) is 16.2. The van der Waals surface area contributed by atoms with Crippen molar-refractivity contribution in [1.29, 1.82) is 0 Å². The van der Waals surface area contributed by atoms with E-state index in [4.69, 9.17) is 14.9 Å². The van der Waals surface area contributed by atoms with Gasteiger partial charge in [-0.05, 0) is 83.1 Å². The summed E-state index contributed by atoms with van der Waals surface area (Å²) >= 11 is 0. The molecule has 344 valence electrons. The molecule has 2 unspecified atom stereocenters. The van der Waals surface area contributed by atoms with Crippen LogP contribution in [0.25, 0.3) is 0 Å². The van der Waals surface area contributed by atoms with E-state index >= 15 is 0 Å². The zero-order valence-electron chi connectivity index (χ0n) is 38.2. The fourth-order valence-electron chi connectivity index (χ4n) is 6.80. The van der Waals surface area contributed by atoms with Crippen molar-refractivity contribution in [2.45, 2.75) is 225 Å².